The second-order valence-electron chi connectivity index (χ2n) is 5.39. The van der Waals surface area contributed by atoms with Crippen molar-refractivity contribution >= 4 is 11.6 Å². The van der Waals surface area contributed by atoms with Crippen molar-refractivity contribution in [2.24, 2.45) is 5.92 Å². The Bertz CT molecular complexity index is 434. The maximum Gasteiger partial charge on any atom is 0.250 e. The van der Waals surface area contributed by atoms with Gasteiger partial charge in [0.1, 0.15) is 6.61 Å². The molecule has 0 bridgehead atoms. The lowest BCUT2D eigenvalue weighted by atomic mass is 9.89. The van der Waals surface area contributed by atoms with Crippen molar-refractivity contribution < 1.29 is 9.53 Å². The monoisotopic (exact) mass is 262 g/mol. The molecule has 2 atom stereocenters. The Labute approximate surface area is 114 Å². The molecular formula is C15H22N2O2. The largest absolute Gasteiger partial charge is 0.368 e. The van der Waals surface area contributed by atoms with Crippen LogP contribution in [0.1, 0.15) is 38.3 Å². The maximum absolute atomic E-state index is 11.8. The van der Waals surface area contributed by atoms with E-state index in [-0.39, 0.29) is 18.6 Å². The highest BCUT2D eigenvalue weighted by Crippen LogP contribution is 2.25. The van der Waals surface area contributed by atoms with Crippen LogP contribution in [0.25, 0.3) is 0 Å². The fourth-order valence-corrected chi connectivity index (χ4v) is 2.53. The van der Waals surface area contributed by atoms with Gasteiger partial charge in [-0.25, -0.2) is 0 Å². The van der Waals surface area contributed by atoms with Gasteiger partial charge in [-0.05, 0) is 37.8 Å². The van der Waals surface area contributed by atoms with E-state index in [4.69, 9.17) is 4.74 Å². The van der Waals surface area contributed by atoms with Crippen molar-refractivity contribution in [2.75, 3.05) is 11.9 Å². The van der Waals surface area contributed by atoms with Gasteiger partial charge in [-0.2, -0.15) is 0 Å². The second-order valence-corrected chi connectivity index (χ2v) is 5.39. The molecular weight excluding hydrogens is 240 g/mol. The van der Waals surface area contributed by atoms with E-state index in [2.05, 4.69) is 17.2 Å². The molecule has 0 unspecified atom stereocenters. The minimum absolute atomic E-state index is 0.102. The van der Waals surface area contributed by atoms with Gasteiger partial charge in [0.2, 0.25) is 5.91 Å². The first kappa shape index (κ1) is 14.0. The van der Waals surface area contributed by atoms with Crippen LogP contribution in [0.2, 0.25) is 0 Å². The molecule has 0 radical (unpaired) electrons. The summed E-state index contributed by atoms with van der Waals surface area (Å²) in [5.41, 5.74) is 1.58. The zero-order valence-electron chi connectivity index (χ0n) is 11.7. The SMILES string of the molecule is Cc1ncccc1NC(=O)CO[C@H]1CCC[C@@H](C)C1. The molecule has 1 aliphatic rings. The van der Waals surface area contributed by atoms with Gasteiger partial charge >= 0.3 is 0 Å². The Balaban J connectivity index is 1.77. The van der Waals surface area contributed by atoms with Crippen molar-refractivity contribution in [1.82, 2.24) is 4.98 Å². The first-order valence-electron chi connectivity index (χ1n) is 6.98. The van der Waals surface area contributed by atoms with Crippen molar-refractivity contribution in [3.63, 3.8) is 0 Å². The number of nitrogens with zero attached hydrogens (tertiary/aromatic N) is 1. The third-order valence-corrected chi connectivity index (χ3v) is 3.62. The lowest BCUT2D eigenvalue weighted by Crippen LogP contribution is -2.27. The van der Waals surface area contributed by atoms with Crippen LogP contribution < -0.4 is 5.32 Å². The third-order valence-electron chi connectivity index (χ3n) is 3.62. The Morgan fingerprint density at radius 3 is 3.11 bits per heavy atom. The Hall–Kier alpha value is -1.42. The summed E-state index contributed by atoms with van der Waals surface area (Å²) in [4.78, 5) is 16.0. The van der Waals surface area contributed by atoms with Gasteiger partial charge < -0.3 is 10.1 Å². The summed E-state index contributed by atoms with van der Waals surface area (Å²) in [6.07, 6.45) is 6.58. The molecule has 1 aromatic heterocycles. The lowest BCUT2D eigenvalue weighted by molar-refractivity contribution is -0.123. The van der Waals surface area contributed by atoms with E-state index in [0.717, 1.165) is 24.2 Å². The molecule has 1 N–H and O–H groups in total. The first-order valence-corrected chi connectivity index (χ1v) is 6.98. The van der Waals surface area contributed by atoms with Gasteiger partial charge in [-0.1, -0.05) is 19.8 Å². The standard InChI is InChI=1S/C15H22N2O2/c1-11-5-3-6-13(9-11)19-10-15(18)17-14-7-4-8-16-12(14)2/h4,7-8,11,13H,3,5-6,9-10H2,1-2H3,(H,17,18)/t11-,13+/m1/s1. The molecule has 104 valence electrons. The zero-order valence-corrected chi connectivity index (χ0v) is 11.7. The van der Waals surface area contributed by atoms with Crippen LogP contribution >= 0.6 is 0 Å². The number of carbonyl (C=O) groups excluding carboxylic acids is 1. The van der Waals surface area contributed by atoms with E-state index in [1.165, 1.54) is 12.8 Å². The summed E-state index contributed by atoms with van der Waals surface area (Å²) in [7, 11) is 0. The molecule has 1 fully saturated rings. The molecule has 1 heterocycles. The average Bonchev–Trinajstić information content (AvgIpc) is 2.39. The summed E-state index contributed by atoms with van der Waals surface area (Å²) >= 11 is 0. The molecule has 0 aliphatic heterocycles. The van der Waals surface area contributed by atoms with Gasteiger partial charge in [0.15, 0.2) is 0 Å². The molecule has 1 amide bonds. The minimum Gasteiger partial charge on any atom is -0.368 e. The van der Waals surface area contributed by atoms with E-state index in [9.17, 15) is 4.79 Å². The number of ether oxygens (including phenoxy) is 1. The number of aromatic nitrogens is 1. The lowest BCUT2D eigenvalue weighted by Gasteiger charge is -2.26. The quantitative estimate of drug-likeness (QED) is 0.907. The van der Waals surface area contributed by atoms with E-state index in [1.807, 2.05) is 19.1 Å². The van der Waals surface area contributed by atoms with Crippen LogP contribution in [0.4, 0.5) is 5.69 Å². The molecule has 0 spiro atoms. The highest BCUT2D eigenvalue weighted by molar-refractivity contribution is 5.92. The van der Waals surface area contributed by atoms with Crippen LogP contribution in [0.15, 0.2) is 18.3 Å². The number of pyridine rings is 1. The normalized spacial score (nSPS) is 23.1. The van der Waals surface area contributed by atoms with Gasteiger partial charge in [0.25, 0.3) is 0 Å². The number of anilines is 1. The van der Waals surface area contributed by atoms with Crippen LogP contribution in [0.5, 0.6) is 0 Å². The number of nitrogens with one attached hydrogen (secondary N) is 1. The molecule has 0 saturated heterocycles. The molecule has 19 heavy (non-hydrogen) atoms. The number of amides is 1. The summed E-state index contributed by atoms with van der Waals surface area (Å²) < 4.78 is 5.69. The Morgan fingerprint density at radius 1 is 1.53 bits per heavy atom. The number of hydrogen-bond donors (Lipinski definition) is 1. The Kier molecular flexibility index (Phi) is 4.91. The second kappa shape index (κ2) is 6.66. The minimum atomic E-state index is -0.102. The smallest absolute Gasteiger partial charge is 0.250 e. The highest BCUT2D eigenvalue weighted by atomic mass is 16.5. The van der Waals surface area contributed by atoms with Gasteiger partial charge in [0.05, 0.1) is 17.5 Å². The number of carbonyl (C=O) groups is 1. The summed E-state index contributed by atoms with van der Waals surface area (Å²) in [5.74, 6) is 0.608. The fraction of sp³-hybridized carbons (Fsp3) is 0.600. The van der Waals surface area contributed by atoms with Crippen molar-refractivity contribution in [1.29, 1.82) is 0 Å². The highest BCUT2D eigenvalue weighted by Gasteiger charge is 2.20. The Morgan fingerprint density at radius 2 is 2.37 bits per heavy atom. The van der Waals surface area contributed by atoms with Crippen molar-refractivity contribution in [3.8, 4) is 0 Å². The summed E-state index contributed by atoms with van der Waals surface area (Å²) in [6, 6.07) is 3.66. The van der Waals surface area contributed by atoms with Gasteiger partial charge in [-0.3, -0.25) is 9.78 Å². The first-order chi connectivity index (χ1) is 9.15. The number of rotatable bonds is 4. The van der Waals surface area contributed by atoms with Crippen molar-refractivity contribution in [2.45, 2.75) is 45.6 Å². The molecule has 4 nitrogen and oxygen atoms in total. The van der Waals surface area contributed by atoms with E-state index in [1.54, 1.807) is 6.20 Å². The van der Waals surface area contributed by atoms with E-state index in [0.29, 0.717) is 5.92 Å². The topological polar surface area (TPSA) is 51.2 Å². The van der Waals surface area contributed by atoms with Crippen LogP contribution in [0, 0.1) is 12.8 Å². The van der Waals surface area contributed by atoms with Gasteiger partial charge in [-0.15, -0.1) is 0 Å². The van der Waals surface area contributed by atoms with Crippen LogP contribution in [-0.4, -0.2) is 23.6 Å². The molecule has 1 saturated carbocycles. The van der Waals surface area contributed by atoms with Gasteiger partial charge in [0, 0.05) is 6.20 Å². The predicted octanol–water partition coefficient (Wildman–Crippen LogP) is 2.92. The van der Waals surface area contributed by atoms with Crippen LogP contribution in [-0.2, 0) is 9.53 Å². The van der Waals surface area contributed by atoms with E-state index < -0.39 is 0 Å². The molecule has 1 aliphatic carbocycles. The summed E-state index contributed by atoms with van der Waals surface area (Å²) in [5, 5.41) is 2.83. The average molecular weight is 262 g/mol. The zero-order chi connectivity index (χ0) is 13.7. The predicted molar refractivity (Wildman–Crippen MR) is 75.0 cm³/mol. The summed E-state index contributed by atoms with van der Waals surface area (Å²) in [6.45, 7) is 4.25. The van der Waals surface area contributed by atoms with Crippen molar-refractivity contribution in [3.05, 3.63) is 24.0 Å². The van der Waals surface area contributed by atoms with E-state index >= 15 is 0 Å². The molecule has 1 aromatic rings. The fourth-order valence-electron chi connectivity index (χ4n) is 2.53. The number of hydrogen-bond acceptors (Lipinski definition) is 3. The van der Waals surface area contributed by atoms with Crippen LogP contribution in [0.3, 0.4) is 0 Å². The molecule has 2 rings (SSSR count). The number of aryl methyl sites for hydroxylation is 1. The molecule has 4 heteroatoms. The molecule has 0 aromatic carbocycles. The maximum atomic E-state index is 11.8. The third kappa shape index (κ3) is 4.31.